The fourth-order valence-corrected chi connectivity index (χ4v) is 11.2. The van der Waals surface area contributed by atoms with Crippen molar-refractivity contribution in [3.63, 3.8) is 0 Å². The summed E-state index contributed by atoms with van der Waals surface area (Å²) >= 11 is 3.34. The number of hydrogen-bond donors (Lipinski definition) is 0. The Bertz CT molecular complexity index is 2570. The Labute approximate surface area is 394 Å². The summed E-state index contributed by atoms with van der Waals surface area (Å²) in [6.07, 6.45) is -7.15. The molecule has 10 atom stereocenters. The largest absolute Gasteiger partial charge is 0.509 e. The number of carbonyl (C=O) groups excluding carboxylic acids is 7. The molecular formula is C50H49BrO16. The Balaban J connectivity index is 1.25. The third kappa shape index (κ3) is 8.14. The Morgan fingerprint density at radius 1 is 0.836 bits per heavy atom. The summed E-state index contributed by atoms with van der Waals surface area (Å²) in [5, 5.41) is 0. The first kappa shape index (κ1) is 47.3. The molecule has 3 aromatic rings. The first-order chi connectivity index (χ1) is 31.7. The molecule has 2 saturated carbocycles. The Hall–Kier alpha value is -6.17. The van der Waals surface area contributed by atoms with Crippen LogP contribution in [-0.2, 0) is 68.5 Å². The van der Waals surface area contributed by atoms with E-state index in [0.717, 1.165) is 17.5 Å². The van der Waals surface area contributed by atoms with Crippen LogP contribution >= 0.6 is 15.9 Å². The Kier molecular flexibility index (Phi) is 12.6. The van der Waals surface area contributed by atoms with Crippen molar-refractivity contribution in [1.82, 2.24) is 0 Å². The molecule has 0 radical (unpaired) electrons. The number of hydrogen-bond acceptors (Lipinski definition) is 16. The normalized spacial score (nSPS) is 31.3. The van der Waals surface area contributed by atoms with E-state index in [0.29, 0.717) is 16.7 Å². The molecule has 2 bridgehead atoms. The number of carbonyl (C=O) groups is 7. The fraction of sp³-hybridized carbons (Fsp3) is 0.420. The highest BCUT2D eigenvalue weighted by Gasteiger charge is 2.83. The summed E-state index contributed by atoms with van der Waals surface area (Å²) in [6.45, 7) is 9.60. The quantitative estimate of drug-likeness (QED) is 0.0625. The van der Waals surface area contributed by atoms with Crippen molar-refractivity contribution in [3.05, 3.63) is 117 Å². The third-order valence-corrected chi connectivity index (χ3v) is 14.3. The molecule has 0 aromatic heterocycles. The van der Waals surface area contributed by atoms with E-state index < -0.39 is 106 Å². The second-order valence-corrected chi connectivity index (χ2v) is 19.0. The van der Waals surface area contributed by atoms with E-state index in [1.54, 1.807) is 93.6 Å². The van der Waals surface area contributed by atoms with Crippen LogP contribution in [0.3, 0.4) is 0 Å². The molecule has 3 aromatic carbocycles. The number of ether oxygens (including phenoxy) is 9. The summed E-state index contributed by atoms with van der Waals surface area (Å²) in [6, 6.07) is 22.1. The fourth-order valence-electron chi connectivity index (χ4n) is 10.9. The number of ketones is 1. The Morgan fingerprint density at radius 2 is 1.51 bits per heavy atom. The van der Waals surface area contributed by atoms with Gasteiger partial charge in [0.05, 0.1) is 30.1 Å². The van der Waals surface area contributed by atoms with Crippen LogP contribution in [0.5, 0.6) is 5.75 Å². The third-order valence-electron chi connectivity index (χ3n) is 13.8. The number of Topliss-reactive ketones (excluding diaryl/α,β-unsaturated/α-hetero) is 1. The SMILES string of the molecule is CC(=O)O[C@H]1C(=O)[C@]2(C)[C@@H](OC(=O)/C=C/c3ccc(OC(=O)c4ccc(Br)cc4)cc3)C[C@H]3OC[C@@]3(OC(C)=O)[C@H]2[C@H](OCc2ccccc2)[C@]23OC(=O)O[C@H]2[C@H](OC(C)=O)C(C)=C1C3(C)C. The molecule has 8 rings (SSSR count). The zero-order valence-corrected chi connectivity index (χ0v) is 39.3. The van der Waals surface area contributed by atoms with Gasteiger partial charge < -0.3 is 42.6 Å². The van der Waals surface area contributed by atoms with Crippen LogP contribution in [0.15, 0.2) is 101 Å². The molecule has 16 nitrogen and oxygen atoms in total. The number of rotatable bonds is 11. The van der Waals surface area contributed by atoms with Gasteiger partial charge in [0, 0.05) is 43.2 Å². The minimum Gasteiger partial charge on any atom is -0.458 e. The van der Waals surface area contributed by atoms with Crippen molar-refractivity contribution in [2.75, 3.05) is 6.61 Å². The first-order valence-electron chi connectivity index (χ1n) is 21.7. The van der Waals surface area contributed by atoms with Gasteiger partial charge in [0.15, 0.2) is 35.3 Å². The molecule has 352 valence electrons. The zero-order valence-electron chi connectivity index (χ0n) is 37.7. The van der Waals surface area contributed by atoms with Crippen molar-refractivity contribution in [3.8, 4) is 5.75 Å². The van der Waals surface area contributed by atoms with Crippen LogP contribution < -0.4 is 4.74 Å². The summed E-state index contributed by atoms with van der Waals surface area (Å²) in [5.74, 6) is -5.68. The highest BCUT2D eigenvalue weighted by atomic mass is 79.9. The van der Waals surface area contributed by atoms with E-state index in [1.165, 1.54) is 26.8 Å². The smallest absolute Gasteiger partial charge is 0.458 e. The van der Waals surface area contributed by atoms with Crippen LogP contribution in [0.25, 0.3) is 6.08 Å². The predicted octanol–water partition coefficient (Wildman–Crippen LogP) is 6.98. The van der Waals surface area contributed by atoms with E-state index in [4.69, 9.17) is 42.6 Å². The second kappa shape index (κ2) is 17.8. The highest BCUT2D eigenvalue weighted by molar-refractivity contribution is 9.10. The number of benzene rings is 3. The summed E-state index contributed by atoms with van der Waals surface area (Å²) in [5.41, 5.74) is -5.30. The molecule has 0 N–H and O–H groups in total. The minimum absolute atomic E-state index is 0.144. The van der Waals surface area contributed by atoms with Crippen molar-refractivity contribution >= 4 is 63.8 Å². The van der Waals surface area contributed by atoms with Crippen molar-refractivity contribution < 1.29 is 76.2 Å². The lowest BCUT2D eigenvalue weighted by Crippen LogP contribution is -2.83. The van der Waals surface area contributed by atoms with Crippen molar-refractivity contribution in [2.24, 2.45) is 16.7 Å². The summed E-state index contributed by atoms with van der Waals surface area (Å²) in [7, 11) is 0. The standard InChI is InChI=1S/C50H49BrO16/c1-26-38-40(62-28(3)53)42(56)48(7)35(64-37(55)22-15-30-13-20-34(21-14-30)63-45(57)32-16-18-33(51)19-17-32)23-36-49(25-60-36,66-29(4)54)41(48)44(59-24-31-11-9-8-10-12-31)50(47(38,5)6)43(65-46(58)67-50)39(26)61-27(2)52/h8-22,35-36,39-41,43-44H,23-25H2,1-7H3/b22-15+/t35-,36+,39+,40+,41-,43-,44-,48+,49-,50+/m0/s1. The van der Waals surface area contributed by atoms with Gasteiger partial charge in [0.25, 0.3) is 0 Å². The lowest BCUT2D eigenvalue weighted by molar-refractivity contribution is -0.351. The Morgan fingerprint density at radius 3 is 2.12 bits per heavy atom. The minimum atomic E-state index is -2.03. The van der Waals surface area contributed by atoms with Crippen LogP contribution in [-0.4, -0.2) is 96.2 Å². The van der Waals surface area contributed by atoms with Crippen molar-refractivity contribution in [1.29, 1.82) is 0 Å². The molecule has 3 aliphatic carbocycles. The van der Waals surface area contributed by atoms with Crippen LogP contribution in [0.1, 0.15) is 76.4 Å². The molecule has 2 aliphatic heterocycles. The van der Waals surface area contributed by atoms with Crippen molar-refractivity contribution in [2.45, 2.75) is 109 Å². The first-order valence-corrected chi connectivity index (χ1v) is 22.4. The monoisotopic (exact) mass is 984 g/mol. The zero-order chi connectivity index (χ0) is 48.2. The number of esters is 5. The van der Waals surface area contributed by atoms with Gasteiger partial charge in [-0.3, -0.25) is 19.2 Å². The summed E-state index contributed by atoms with van der Waals surface area (Å²) in [4.78, 5) is 96.1. The second-order valence-electron chi connectivity index (χ2n) is 18.1. The van der Waals surface area contributed by atoms with Gasteiger partial charge in [-0.15, -0.1) is 0 Å². The van der Waals surface area contributed by atoms with E-state index in [1.807, 2.05) is 6.07 Å². The van der Waals surface area contributed by atoms with Gasteiger partial charge in [-0.25, -0.2) is 14.4 Å². The maximum Gasteiger partial charge on any atom is 0.509 e. The average molecular weight is 986 g/mol. The van der Waals surface area contributed by atoms with E-state index in [-0.39, 0.29) is 36.5 Å². The number of fused-ring (bicyclic) bond motifs is 4. The van der Waals surface area contributed by atoms with Gasteiger partial charge in [-0.2, -0.15) is 0 Å². The van der Waals surface area contributed by atoms with Gasteiger partial charge in [-0.05, 0) is 78.6 Å². The van der Waals surface area contributed by atoms with Gasteiger partial charge in [0.2, 0.25) is 0 Å². The molecular weight excluding hydrogens is 936 g/mol. The van der Waals surface area contributed by atoms with E-state index in [2.05, 4.69) is 15.9 Å². The molecule has 4 fully saturated rings. The predicted molar refractivity (Wildman–Crippen MR) is 237 cm³/mol. The maximum atomic E-state index is 16.1. The van der Waals surface area contributed by atoms with E-state index in [9.17, 15) is 28.8 Å². The molecule has 0 amide bonds. The number of halogens is 1. The maximum absolute atomic E-state index is 16.1. The van der Waals surface area contributed by atoms with Crippen LogP contribution in [0, 0.1) is 16.7 Å². The molecule has 5 aliphatic rings. The lowest BCUT2D eigenvalue weighted by Gasteiger charge is -2.67. The summed E-state index contributed by atoms with van der Waals surface area (Å²) < 4.78 is 56.4. The van der Waals surface area contributed by atoms with Crippen LogP contribution in [0.4, 0.5) is 4.79 Å². The average Bonchev–Trinajstić information content (AvgIpc) is 3.63. The van der Waals surface area contributed by atoms with Gasteiger partial charge >= 0.3 is 36.0 Å². The molecule has 17 heteroatoms. The topological polar surface area (TPSA) is 203 Å². The molecule has 1 spiro atoms. The van der Waals surface area contributed by atoms with Gasteiger partial charge in [-0.1, -0.05) is 72.2 Å². The highest BCUT2D eigenvalue weighted by Crippen LogP contribution is 2.67. The van der Waals surface area contributed by atoms with Crippen LogP contribution in [0.2, 0.25) is 0 Å². The lowest BCUT2D eigenvalue weighted by atomic mass is 9.44. The van der Waals surface area contributed by atoms with E-state index >= 15 is 4.79 Å². The molecule has 2 saturated heterocycles. The molecule has 2 heterocycles. The molecule has 0 unspecified atom stereocenters. The van der Waals surface area contributed by atoms with Gasteiger partial charge in [0.1, 0.15) is 24.1 Å². The molecule has 67 heavy (non-hydrogen) atoms.